The Balaban J connectivity index is 2.25. The SMILES string of the molecule is Cn1cc(Oc2ccc(C(=N)N)cc2F)cn1. The van der Waals surface area contributed by atoms with Crippen molar-refractivity contribution in [2.24, 2.45) is 12.8 Å². The molecule has 0 amide bonds. The van der Waals surface area contributed by atoms with Crippen molar-refractivity contribution in [3.05, 3.63) is 42.0 Å². The number of rotatable bonds is 3. The number of nitrogens with one attached hydrogen (secondary N) is 1. The van der Waals surface area contributed by atoms with Crippen LogP contribution in [0.3, 0.4) is 0 Å². The van der Waals surface area contributed by atoms with Crippen LogP contribution in [0.2, 0.25) is 0 Å². The molecule has 88 valence electrons. The van der Waals surface area contributed by atoms with Crippen LogP contribution in [-0.2, 0) is 7.05 Å². The Bertz CT molecular complexity index is 564. The first-order valence-electron chi connectivity index (χ1n) is 4.86. The van der Waals surface area contributed by atoms with Crippen LogP contribution < -0.4 is 10.5 Å². The summed E-state index contributed by atoms with van der Waals surface area (Å²) in [4.78, 5) is 0. The van der Waals surface area contributed by atoms with Crippen molar-refractivity contribution < 1.29 is 9.13 Å². The van der Waals surface area contributed by atoms with Gasteiger partial charge in [0.2, 0.25) is 0 Å². The highest BCUT2D eigenvalue weighted by Gasteiger charge is 2.08. The quantitative estimate of drug-likeness (QED) is 0.626. The number of nitrogen functional groups attached to an aromatic ring is 1. The van der Waals surface area contributed by atoms with Gasteiger partial charge in [-0.15, -0.1) is 0 Å². The van der Waals surface area contributed by atoms with E-state index in [1.165, 1.54) is 18.3 Å². The first-order valence-corrected chi connectivity index (χ1v) is 4.86. The lowest BCUT2D eigenvalue weighted by molar-refractivity contribution is 0.442. The maximum Gasteiger partial charge on any atom is 0.166 e. The van der Waals surface area contributed by atoms with E-state index >= 15 is 0 Å². The second-order valence-corrected chi connectivity index (χ2v) is 3.51. The highest BCUT2D eigenvalue weighted by molar-refractivity contribution is 5.95. The van der Waals surface area contributed by atoms with Crippen LogP contribution in [0.5, 0.6) is 11.5 Å². The van der Waals surface area contributed by atoms with Crippen molar-refractivity contribution in [2.75, 3.05) is 0 Å². The summed E-state index contributed by atoms with van der Waals surface area (Å²) < 4.78 is 20.4. The first kappa shape index (κ1) is 11.1. The van der Waals surface area contributed by atoms with Crippen molar-refractivity contribution in [1.29, 1.82) is 5.41 Å². The summed E-state index contributed by atoms with van der Waals surface area (Å²) in [7, 11) is 1.74. The fourth-order valence-electron chi connectivity index (χ4n) is 1.33. The van der Waals surface area contributed by atoms with E-state index in [4.69, 9.17) is 15.9 Å². The molecule has 3 N–H and O–H groups in total. The Morgan fingerprint density at radius 2 is 2.29 bits per heavy atom. The van der Waals surface area contributed by atoms with Crippen molar-refractivity contribution in [3.63, 3.8) is 0 Å². The molecule has 2 aromatic rings. The number of aryl methyl sites for hydroxylation is 1. The van der Waals surface area contributed by atoms with Crippen LogP contribution in [0.15, 0.2) is 30.6 Å². The van der Waals surface area contributed by atoms with E-state index < -0.39 is 5.82 Å². The van der Waals surface area contributed by atoms with Gasteiger partial charge in [0.25, 0.3) is 0 Å². The summed E-state index contributed by atoms with van der Waals surface area (Å²) >= 11 is 0. The molecule has 0 saturated heterocycles. The van der Waals surface area contributed by atoms with Gasteiger partial charge in [0.15, 0.2) is 17.3 Å². The molecule has 1 aromatic heterocycles. The smallest absolute Gasteiger partial charge is 0.166 e. The molecule has 0 radical (unpaired) electrons. The van der Waals surface area contributed by atoms with E-state index in [0.29, 0.717) is 11.3 Å². The molecule has 0 atom stereocenters. The Morgan fingerprint density at radius 3 is 2.82 bits per heavy atom. The number of halogens is 1. The number of aromatic nitrogens is 2. The zero-order valence-corrected chi connectivity index (χ0v) is 9.14. The van der Waals surface area contributed by atoms with Crippen molar-refractivity contribution in [3.8, 4) is 11.5 Å². The second-order valence-electron chi connectivity index (χ2n) is 3.51. The van der Waals surface area contributed by atoms with E-state index in [0.717, 1.165) is 6.07 Å². The third-order valence-corrected chi connectivity index (χ3v) is 2.15. The van der Waals surface area contributed by atoms with Gasteiger partial charge in [-0.2, -0.15) is 5.10 Å². The third-order valence-electron chi connectivity index (χ3n) is 2.15. The summed E-state index contributed by atoms with van der Waals surface area (Å²) in [5, 5.41) is 11.1. The van der Waals surface area contributed by atoms with Crippen molar-refractivity contribution >= 4 is 5.84 Å². The number of nitrogens with zero attached hydrogens (tertiary/aromatic N) is 2. The van der Waals surface area contributed by atoms with Gasteiger partial charge in [-0.25, -0.2) is 4.39 Å². The summed E-state index contributed by atoms with van der Waals surface area (Å²) in [6.07, 6.45) is 3.11. The second kappa shape index (κ2) is 4.25. The molecule has 0 aliphatic carbocycles. The molecule has 0 unspecified atom stereocenters. The zero-order chi connectivity index (χ0) is 12.4. The fraction of sp³-hybridized carbons (Fsp3) is 0.0909. The number of hydrogen-bond acceptors (Lipinski definition) is 3. The number of amidine groups is 1. The average Bonchev–Trinajstić information content (AvgIpc) is 2.67. The van der Waals surface area contributed by atoms with Gasteiger partial charge in [-0.1, -0.05) is 0 Å². The largest absolute Gasteiger partial charge is 0.451 e. The number of nitrogens with two attached hydrogens (primary N) is 1. The Hall–Kier alpha value is -2.37. The minimum Gasteiger partial charge on any atom is -0.451 e. The van der Waals surface area contributed by atoms with Gasteiger partial charge in [-0.05, 0) is 18.2 Å². The lowest BCUT2D eigenvalue weighted by atomic mass is 10.2. The lowest BCUT2D eigenvalue weighted by Crippen LogP contribution is -2.11. The predicted octanol–water partition coefficient (Wildman–Crippen LogP) is 1.64. The highest BCUT2D eigenvalue weighted by atomic mass is 19.1. The molecule has 5 nitrogen and oxygen atoms in total. The molecule has 17 heavy (non-hydrogen) atoms. The molecule has 0 aliphatic rings. The molecule has 0 spiro atoms. The van der Waals surface area contributed by atoms with Gasteiger partial charge in [-0.3, -0.25) is 10.1 Å². The maximum absolute atomic E-state index is 13.6. The van der Waals surface area contributed by atoms with E-state index in [1.54, 1.807) is 17.9 Å². The molecule has 6 heteroatoms. The van der Waals surface area contributed by atoms with Crippen LogP contribution in [0.1, 0.15) is 5.56 Å². The minimum atomic E-state index is -0.568. The Kier molecular flexibility index (Phi) is 2.78. The van der Waals surface area contributed by atoms with E-state index in [1.807, 2.05) is 0 Å². The minimum absolute atomic E-state index is 0.0722. The lowest BCUT2D eigenvalue weighted by Gasteiger charge is -2.05. The molecule has 0 fully saturated rings. The number of benzene rings is 1. The molecule has 0 bridgehead atoms. The van der Waals surface area contributed by atoms with Crippen LogP contribution in [0.25, 0.3) is 0 Å². The normalized spacial score (nSPS) is 10.2. The molecule has 0 aliphatic heterocycles. The molecule has 2 rings (SSSR count). The van der Waals surface area contributed by atoms with Crippen LogP contribution in [-0.4, -0.2) is 15.6 Å². The van der Waals surface area contributed by atoms with E-state index in [2.05, 4.69) is 5.10 Å². The van der Waals surface area contributed by atoms with Crippen molar-refractivity contribution in [1.82, 2.24) is 9.78 Å². The highest BCUT2D eigenvalue weighted by Crippen LogP contribution is 2.24. The maximum atomic E-state index is 13.6. The van der Waals surface area contributed by atoms with E-state index in [9.17, 15) is 4.39 Å². The van der Waals surface area contributed by atoms with Gasteiger partial charge < -0.3 is 10.5 Å². The molecule has 0 saturated carbocycles. The summed E-state index contributed by atoms with van der Waals surface area (Å²) in [6.45, 7) is 0. The number of ether oxygens (including phenoxy) is 1. The van der Waals surface area contributed by atoms with Gasteiger partial charge in [0.1, 0.15) is 5.84 Å². The molecule has 1 aromatic carbocycles. The van der Waals surface area contributed by atoms with Crippen LogP contribution in [0.4, 0.5) is 4.39 Å². The van der Waals surface area contributed by atoms with Gasteiger partial charge >= 0.3 is 0 Å². The summed E-state index contributed by atoms with van der Waals surface area (Å²) in [5.41, 5.74) is 5.57. The van der Waals surface area contributed by atoms with Crippen LogP contribution >= 0.6 is 0 Å². The topological polar surface area (TPSA) is 76.9 Å². The van der Waals surface area contributed by atoms with Gasteiger partial charge in [0, 0.05) is 12.6 Å². The number of hydrogen-bond donors (Lipinski definition) is 2. The first-order chi connectivity index (χ1) is 8.06. The third kappa shape index (κ3) is 2.41. The van der Waals surface area contributed by atoms with Crippen LogP contribution in [0, 0.1) is 11.2 Å². The summed E-state index contributed by atoms with van der Waals surface area (Å²) in [6, 6.07) is 4.12. The van der Waals surface area contributed by atoms with Crippen molar-refractivity contribution in [2.45, 2.75) is 0 Å². The van der Waals surface area contributed by atoms with E-state index in [-0.39, 0.29) is 11.6 Å². The zero-order valence-electron chi connectivity index (χ0n) is 9.14. The van der Waals surface area contributed by atoms with Gasteiger partial charge in [0.05, 0.1) is 12.4 Å². The predicted molar refractivity (Wildman–Crippen MR) is 60.7 cm³/mol. The standard InChI is InChI=1S/C11H11FN4O/c1-16-6-8(5-15-16)17-10-3-2-7(11(13)14)4-9(10)12/h2-6H,1H3,(H3,13,14). The molecular formula is C11H11FN4O. The summed E-state index contributed by atoms with van der Waals surface area (Å²) in [5.74, 6) is -0.233. The Morgan fingerprint density at radius 1 is 1.53 bits per heavy atom. The monoisotopic (exact) mass is 234 g/mol. The fourth-order valence-corrected chi connectivity index (χ4v) is 1.33. The Labute approximate surface area is 97.1 Å². The molecular weight excluding hydrogens is 223 g/mol. The molecule has 1 heterocycles. The average molecular weight is 234 g/mol.